The van der Waals surface area contributed by atoms with E-state index in [0.717, 1.165) is 0 Å². The lowest BCUT2D eigenvalue weighted by Crippen LogP contribution is -2.14. The molecule has 0 aromatic heterocycles. The lowest BCUT2D eigenvalue weighted by molar-refractivity contribution is 0.0964. The Balaban J connectivity index is 2.76. The molecule has 2 rings (SSSR count). The lowest BCUT2D eigenvalue weighted by Gasteiger charge is -2.06. The predicted octanol–water partition coefficient (Wildman–Crippen LogP) is 3.63. The molecule has 1 aromatic rings. The molecule has 0 bridgehead atoms. The summed E-state index contributed by atoms with van der Waals surface area (Å²) in [5, 5.41) is 3.19. The zero-order valence-electron chi connectivity index (χ0n) is 6.57. The van der Waals surface area contributed by atoms with Crippen molar-refractivity contribution in [2.75, 3.05) is 0 Å². The molecule has 0 saturated heterocycles. The Kier molecular flexibility index (Phi) is 2.56. The van der Waals surface area contributed by atoms with Crippen LogP contribution in [-0.2, 0) is 0 Å². The number of rotatable bonds is 0. The predicted molar refractivity (Wildman–Crippen MR) is 57.5 cm³/mol. The van der Waals surface area contributed by atoms with Crippen LogP contribution in [0, 0.1) is 0 Å². The summed E-state index contributed by atoms with van der Waals surface area (Å²) >= 11 is 23.3. The summed E-state index contributed by atoms with van der Waals surface area (Å²) in [5.41, 5.74) is 0.233. The van der Waals surface area contributed by atoms with Crippen LogP contribution in [0.5, 0.6) is 0 Å². The van der Waals surface area contributed by atoms with Crippen molar-refractivity contribution in [1.29, 1.82) is 0 Å². The average molecular weight is 271 g/mol. The second-order valence-corrected chi connectivity index (χ2v) is 4.38. The fraction of sp³-hybridized carbons (Fsp3) is 0.125. The fourth-order valence-electron chi connectivity index (χ4n) is 1.31. The van der Waals surface area contributed by atoms with Crippen molar-refractivity contribution >= 4 is 52.3 Å². The van der Waals surface area contributed by atoms with E-state index < -0.39 is 5.50 Å². The van der Waals surface area contributed by atoms with Crippen molar-refractivity contribution in [1.82, 2.24) is 5.32 Å². The summed E-state index contributed by atoms with van der Waals surface area (Å²) in [5.74, 6) is -0.291. The topological polar surface area (TPSA) is 29.1 Å². The number of hydrogen-bond acceptors (Lipinski definition) is 1. The molecule has 1 aromatic carbocycles. The van der Waals surface area contributed by atoms with Crippen molar-refractivity contribution in [3.63, 3.8) is 0 Å². The summed E-state index contributed by atoms with van der Waals surface area (Å²) < 4.78 is 0. The van der Waals surface area contributed by atoms with Crippen LogP contribution in [0.1, 0.15) is 21.4 Å². The first-order valence-corrected chi connectivity index (χ1v) is 5.21. The molecule has 1 N–H and O–H groups in total. The minimum absolute atomic E-state index is 0.217. The summed E-state index contributed by atoms with van der Waals surface area (Å²) in [6.07, 6.45) is 0. The number of carbonyl (C=O) groups excluding carboxylic acids is 1. The zero-order chi connectivity index (χ0) is 10.5. The quantitative estimate of drug-likeness (QED) is 0.435. The highest BCUT2D eigenvalue weighted by Crippen LogP contribution is 2.41. The average Bonchev–Trinajstić information content (AvgIpc) is 2.38. The molecule has 1 aliphatic rings. The molecule has 0 spiro atoms. The Hall–Kier alpha value is -0.150. The molecule has 0 radical (unpaired) electrons. The van der Waals surface area contributed by atoms with E-state index in [2.05, 4.69) is 5.32 Å². The summed E-state index contributed by atoms with van der Waals surface area (Å²) in [6, 6.07) is 1.46. The van der Waals surface area contributed by atoms with Gasteiger partial charge in [-0.3, -0.25) is 4.79 Å². The molecule has 0 fully saturated rings. The Morgan fingerprint density at radius 3 is 2.50 bits per heavy atom. The molecule has 74 valence electrons. The van der Waals surface area contributed by atoms with Gasteiger partial charge in [-0.05, 0) is 6.07 Å². The van der Waals surface area contributed by atoms with Gasteiger partial charge in [-0.25, -0.2) is 0 Å². The number of alkyl halides is 1. The van der Waals surface area contributed by atoms with Gasteiger partial charge in [0.2, 0.25) is 0 Å². The number of carbonyl (C=O) groups is 1. The van der Waals surface area contributed by atoms with E-state index in [4.69, 9.17) is 46.4 Å². The first-order chi connectivity index (χ1) is 6.52. The van der Waals surface area contributed by atoms with Gasteiger partial charge < -0.3 is 5.32 Å². The maximum Gasteiger partial charge on any atom is 0.253 e. The van der Waals surface area contributed by atoms with E-state index in [1.807, 2.05) is 0 Å². The van der Waals surface area contributed by atoms with Crippen molar-refractivity contribution in [2.45, 2.75) is 5.50 Å². The van der Waals surface area contributed by atoms with Gasteiger partial charge in [0.1, 0.15) is 5.50 Å². The first-order valence-electron chi connectivity index (χ1n) is 3.64. The third-order valence-corrected chi connectivity index (χ3v) is 3.56. The Morgan fingerprint density at radius 1 is 1.21 bits per heavy atom. The van der Waals surface area contributed by atoms with Gasteiger partial charge in [-0.1, -0.05) is 46.4 Å². The highest BCUT2D eigenvalue weighted by Gasteiger charge is 2.31. The van der Waals surface area contributed by atoms with E-state index in [9.17, 15) is 4.79 Å². The van der Waals surface area contributed by atoms with Crippen molar-refractivity contribution in [3.8, 4) is 0 Å². The standard InChI is InChI=1S/C8H3Cl4NO/c9-3-1-2-4(6(11)5(3)10)7(12)13-8(2)14/h1,7H,(H,13,14). The van der Waals surface area contributed by atoms with Crippen molar-refractivity contribution in [3.05, 3.63) is 32.3 Å². The number of hydrogen-bond donors (Lipinski definition) is 1. The molecule has 6 heteroatoms. The summed E-state index contributed by atoms with van der Waals surface area (Å²) in [4.78, 5) is 11.3. The number of nitrogens with one attached hydrogen (secondary N) is 1. The molecule has 14 heavy (non-hydrogen) atoms. The SMILES string of the molecule is O=C1NC(Cl)c2c1cc(Cl)c(Cl)c2Cl. The fourth-order valence-corrected chi connectivity index (χ4v) is 2.41. The lowest BCUT2D eigenvalue weighted by atomic mass is 10.1. The maximum absolute atomic E-state index is 11.3. The molecule has 2 nitrogen and oxygen atoms in total. The smallest absolute Gasteiger partial charge is 0.253 e. The Labute approximate surface area is 100 Å². The van der Waals surface area contributed by atoms with Crippen LogP contribution in [0.4, 0.5) is 0 Å². The minimum Gasteiger partial charge on any atom is -0.332 e. The highest BCUT2D eigenvalue weighted by molar-refractivity contribution is 6.49. The molecule has 0 saturated carbocycles. The van der Waals surface area contributed by atoms with Gasteiger partial charge in [-0.15, -0.1) is 0 Å². The van der Waals surface area contributed by atoms with Crippen LogP contribution >= 0.6 is 46.4 Å². The van der Waals surface area contributed by atoms with Crippen LogP contribution in [-0.4, -0.2) is 5.91 Å². The van der Waals surface area contributed by atoms with Gasteiger partial charge in [0.15, 0.2) is 0 Å². The highest BCUT2D eigenvalue weighted by atomic mass is 35.5. The van der Waals surface area contributed by atoms with Gasteiger partial charge in [-0.2, -0.15) is 0 Å². The van der Waals surface area contributed by atoms with Gasteiger partial charge in [0, 0.05) is 11.1 Å². The number of fused-ring (bicyclic) bond motifs is 1. The number of amides is 1. The van der Waals surface area contributed by atoms with Gasteiger partial charge in [0.25, 0.3) is 5.91 Å². The third-order valence-electron chi connectivity index (χ3n) is 1.96. The molecule has 1 amide bonds. The van der Waals surface area contributed by atoms with E-state index >= 15 is 0 Å². The monoisotopic (exact) mass is 269 g/mol. The summed E-state index contributed by atoms with van der Waals surface area (Å²) in [6.45, 7) is 0. The molecule has 1 unspecified atom stereocenters. The molecule has 1 atom stereocenters. The van der Waals surface area contributed by atoms with E-state index in [0.29, 0.717) is 11.1 Å². The Morgan fingerprint density at radius 2 is 1.86 bits per heavy atom. The molecular weight excluding hydrogens is 268 g/mol. The Bertz CT molecular complexity index is 432. The van der Waals surface area contributed by atoms with Crippen molar-refractivity contribution < 1.29 is 4.79 Å². The second kappa shape index (κ2) is 3.46. The van der Waals surface area contributed by atoms with Crippen molar-refractivity contribution in [2.24, 2.45) is 0 Å². The van der Waals surface area contributed by atoms with Crippen LogP contribution in [0.15, 0.2) is 6.07 Å². The zero-order valence-corrected chi connectivity index (χ0v) is 9.60. The minimum atomic E-state index is -0.639. The maximum atomic E-state index is 11.3. The van der Waals surface area contributed by atoms with Crippen LogP contribution in [0.3, 0.4) is 0 Å². The number of halogens is 4. The van der Waals surface area contributed by atoms with E-state index in [1.165, 1.54) is 6.07 Å². The first kappa shape index (κ1) is 10.4. The number of benzene rings is 1. The van der Waals surface area contributed by atoms with E-state index in [-0.39, 0.29) is 21.0 Å². The molecule has 1 aliphatic heterocycles. The van der Waals surface area contributed by atoms with Gasteiger partial charge >= 0.3 is 0 Å². The largest absolute Gasteiger partial charge is 0.332 e. The normalized spacial score (nSPS) is 19.4. The van der Waals surface area contributed by atoms with Crippen LogP contribution < -0.4 is 5.32 Å². The second-order valence-electron chi connectivity index (χ2n) is 2.78. The van der Waals surface area contributed by atoms with Gasteiger partial charge in [0.05, 0.1) is 15.1 Å². The third kappa shape index (κ3) is 1.38. The van der Waals surface area contributed by atoms with Crippen LogP contribution in [0.25, 0.3) is 0 Å². The van der Waals surface area contributed by atoms with Crippen LogP contribution in [0.2, 0.25) is 15.1 Å². The molecule has 1 heterocycles. The summed E-state index contributed by atoms with van der Waals surface area (Å²) in [7, 11) is 0. The van der Waals surface area contributed by atoms with E-state index in [1.54, 1.807) is 0 Å². The molecular formula is C8H3Cl4NO. The molecule has 0 aliphatic carbocycles.